The molecule has 2 aromatic carbocycles. The third-order valence-corrected chi connectivity index (χ3v) is 5.80. The normalized spacial score (nSPS) is 17.2. The number of carbonyl (C=O) groups is 2. The van der Waals surface area contributed by atoms with Gasteiger partial charge >= 0.3 is 0 Å². The zero-order valence-corrected chi connectivity index (χ0v) is 16.1. The summed E-state index contributed by atoms with van der Waals surface area (Å²) in [6.07, 6.45) is 2.05. The minimum Gasteiger partial charge on any atom is -0.326 e. The smallest absolute Gasteiger partial charge is 0.229 e. The Balaban J connectivity index is 1.75. The molecule has 2 aromatic rings. The van der Waals surface area contributed by atoms with Crippen LogP contribution in [0.15, 0.2) is 53.4 Å². The van der Waals surface area contributed by atoms with E-state index in [1.54, 1.807) is 17.0 Å². The molecule has 0 radical (unpaired) electrons. The van der Waals surface area contributed by atoms with Gasteiger partial charge in [-0.3, -0.25) is 9.59 Å². The molecule has 1 aliphatic rings. The first-order valence-corrected chi connectivity index (χ1v) is 10.7. The Morgan fingerprint density at radius 2 is 1.93 bits per heavy atom. The second kappa shape index (κ2) is 7.52. The van der Waals surface area contributed by atoms with Crippen LogP contribution in [-0.2, 0) is 25.8 Å². The van der Waals surface area contributed by atoms with Crippen molar-refractivity contribution in [3.05, 3.63) is 54.1 Å². The SMILES string of the molecule is CCc1ccccc1N1CC(C(=O)Nc2cccc(S(C)(=O)=O)c2)CC1=O. The van der Waals surface area contributed by atoms with E-state index in [0.717, 1.165) is 23.9 Å². The molecule has 6 nitrogen and oxygen atoms in total. The highest BCUT2D eigenvalue weighted by Crippen LogP contribution is 2.29. The van der Waals surface area contributed by atoms with Gasteiger partial charge in [0.15, 0.2) is 9.84 Å². The summed E-state index contributed by atoms with van der Waals surface area (Å²) in [5, 5.41) is 2.74. The lowest BCUT2D eigenvalue weighted by Crippen LogP contribution is -2.28. The molecule has 0 saturated carbocycles. The lowest BCUT2D eigenvalue weighted by atomic mass is 10.1. The summed E-state index contributed by atoms with van der Waals surface area (Å²) in [6, 6.07) is 13.8. The van der Waals surface area contributed by atoms with E-state index in [0.29, 0.717) is 12.2 Å². The second-order valence-corrected chi connectivity index (χ2v) is 8.69. The molecular weight excluding hydrogens is 364 g/mol. The lowest BCUT2D eigenvalue weighted by molar-refractivity contribution is -0.122. The van der Waals surface area contributed by atoms with E-state index in [1.807, 2.05) is 31.2 Å². The van der Waals surface area contributed by atoms with Crippen LogP contribution < -0.4 is 10.2 Å². The van der Waals surface area contributed by atoms with Gasteiger partial charge in [-0.05, 0) is 36.2 Å². The fraction of sp³-hybridized carbons (Fsp3) is 0.300. The number of hydrogen-bond acceptors (Lipinski definition) is 4. The van der Waals surface area contributed by atoms with E-state index in [1.165, 1.54) is 12.1 Å². The van der Waals surface area contributed by atoms with Crippen molar-refractivity contribution in [3.63, 3.8) is 0 Å². The van der Waals surface area contributed by atoms with Crippen molar-refractivity contribution in [2.75, 3.05) is 23.0 Å². The zero-order chi connectivity index (χ0) is 19.6. The van der Waals surface area contributed by atoms with Gasteiger partial charge in [-0.2, -0.15) is 0 Å². The molecule has 3 rings (SSSR count). The van der Waals surface area contributed by atoms with Crippen LogP contribution in [0.1, 0.15) is 18.9 Å². The Kier molecular flexibility index (Phi) is 5.32. The number of rotatable bonds is 5. The molecule has 1 N–H and O–H groups in total. The average molecular weight is 386 g/mol. The van der Waals surface area contributed by atoms with Crippen LogP contribution in [-0.4, -0.2) is 33.0 Å². The first-order valence-electron chi connectivity index (χ1n) is 8.79. The Morgan fingerprint density at radius 1 is 1.19 bits per heavy atom. The minimum absolute atomic E-state index is 0.0825. The number of anilines is 2. The summed E-state index contributed by atoms with van der Waals surface area (Å²) in [4.78, 5) is 26.9. The molecule has 27 heavy (non-hydrogen) atoms. The van der Waals surface area contributed by atoms with E-state index in [4.69, 9.17) is 0 Å². The van der Waals surface area contributed by atoms with Crippen LogP contribution in [0.5, 0.6) is 0 Å². The van der Waals surface area contributed by atoms with Gasteiger partial charge in [-0.1, -0.05) is 31.2 Å². The maximum atomic E-state index is 12.6. The van der Waals surface area contributed by atoms with E-state index < -0.39 is 15.8 Å². The van der Waals surface area contributed by atoms with Crippen molar-refractivity contribution in [1.29, 1.82) is 0 Å². The summed E-state index contributed by atoms with van der Waals surface area (Å²) in [5.74, 6) is -0.851. The molecule has 0 aromatic heterocycles. The van der Waals surface area contributed by atoms with Crippen molar-refractivity contribution in [3.8, 4) is 0 Å². The van der Waals surface area contributed by atoms with Gasteiger partial charge in [-0.25, -0.2) is 8.42 Å². The number of nitrogens with one attached hydrogen (secondary N) is 1. The molecule has 0 aliphatic carbocycles. The number of nitrogens with zero attached hydrogens (tertiary/aromatic N) is 1. The number of benzene rings is 2. The summed E-state index contributed by atoms with van der Waals surface area (Å²) >= 11 is 0. The molecule has 2 amide bonds. The predicted octanol–water partition coefficient (Wildman–Crippen LogP) is 2.64. The van der Waals surface area contributed by atoms with Gasteiger partial charge in [0.25, 0.3) is 0 Å². The highest BCUT2D eigenvalue weighted by molar-refractivity contribution is 7.90. The Morgan fingerprint density at radius 3 is 2.63 bits per heavy atom. The molecule has 0 bridgehead atoms. The van der Waals surface area contributed by atoms with E-state index in [2.05, 4.69) is 5.32 Å². The van der Waals surface area contributed by atoms with Crippen molar-refractivity contribution >= 4 is 33.0 Å². The molecule has 7 heteroatoms. The summed E-state index contributed by atoms with van der Waals surface area (Å²) in [7, 11) is -3.36. The highest BCUT2D eigenvalue weighted by Gasteiger charge is 2.35. The van der Waals surface area contributed by atoms with E-state index in [9.17, 15) is 18.0 Å². The molecule has 1 heterocycles. The van der Waals surface area contributed by atoms with Gasteiger partial charge in [0, 0.05) is 30.6 Å². The summed E-state index contributed by atoms with van der Waals surface area (Å²) in [6.45, 7) is 2.34. The van der Waals surface area contributed by atoms with Crippen molar-refractivity contribution in [2.24, 2.45) is 5.92 Å². The van der Waals surface area contributed by atoms with Crippen LogP contribution >= 0.6 is 0 Å². The second-order valence-electron chi connectivity index (χ2n) is 6.68. The summed E-state index contributed by atoms with van der Waals surface area (Å²) in [5.41, 5.74) is 2.31. The van der Waals surface area contributed by atoms with Crippen molar-refractivity contribution in [1.82, 2.24) is 0 Å². The molecule has 1 atom stereocenters. The molecular formula is C20H22N2O4S. The predicted molar refractivity (Wildman–Crippen MR) is 104 cm³/mol. The Hall–Kier alpha value is -2.67. The van der Waals surface area contributed by atoms with E-state index in [-0.39, 0.29) is 23.1 Å². The van der Waals surface area contributed by atoms with Crippen molar-refractivity contribution in [2.45, 2.75) is 24.7 Å². The number of aryl methyl sites for hydroxylation is 1. The fourth-order valence-electron chi connectivity index (χ4n) is 3.24. The van der Waals surface area contributed by atoms with Crippen LogP contribution in [0.3, 0.4) is 0 Å². The van der Waals surface area contributed by atoms with Crippen LogP contribution in [0.25, 0.3) is 0 Å². The third-order valence-electron chi connectivity index (χ3n) is 4.69. The molecule has 1 aliphatic heterocycles. The van der Waals surface area contributed by atoms with Crippen LogP contribution in [0.4, 0.5) is 11.4 Å². The lowest BCUT2D eigenvalue weighted by Gasteiger charge is -2.20. The van der Waals surface area contributed by atoms with Gasteiger partial charge in [0.1, 0.15) is 0 Å². The maximum absolute atomic E-state index is 12.6. The maximum Gasteiger partial charge on any atom is 0.229 e. The van der Waals surface area contributed by atoms with Crippen molar-refractivity contribution < 1.29 is 18.0 Å². The largest absolute Gasteiger partial charge is 0.326 e. The number of sulfone groups is 1. The molecule has 1 saturated heterocycles. The Bertz CT molecular complexity index is 985. The van der Waals surface area contributed by atoms with Crippen LogP contribution in [0.2, 0.25) is 0 Å². The van der Waals surface area contributed by atoms with Gasteiger partial charge in [-0.15, -0.1) is 0 Å². The highest BCUT2D eigenvalue weighted by atomic mass is 32.2. The van der Waals surface area contributed by atoms with Gasteiger partial charge in [0.2, 0.25) is 11.8 Å². The average Bonchev–Trinajstić information content (AvgIpc) is 3.03. The monoisotopic (exact) mass is 386 g/mol. The molecule has 0 spiro atoms. The number of carbonyl (C=O) groups excluding carboxylic acids is 2. The van der Waals surface area contributed by atoms with E-state index >= 15 is 0 Å². The molecule has 1 unspecified atom stereocenters. The third kappa shape index (κ3) is 4.19. The molecule has 142 valence electrons. The topological polar surface area (TPSA) is 83.6 Å². The summed E-state index contributed by atoms with van der Waals surface area (Å²) < 4.78 is 23.3. The first kappa shape index (κ1) is 19.1. The minimum atomic E-state index is -3.36. The first-order chi connectivity index (χ1) is 12.8. The quantitative estimate of drug-likeness (QED) is 0.856. The van der Waals surface area contributed by atoms with Gasteiger partial charge < -0.3 is 10.2 Å². The molecule has 1 fully saturated rings. The van der Waals surface area contributed by atoms with Gasteiger partial charge in [0.05, 0.1) is 10.8 Å². The zero-order valence-electron chi connectivity index (χ0n) is 15.3. The number of hydrogen-bond donors (Lipinski definition) is 1. The standard InChI is InChI=1S/C20H22N2O4S/c1-3-14-7-4-5-10-18(14)22-13-15(11-19(22)23)20(24)21-16-8-6-9-17(12-16)27(2,25)26/h4-10,12,15H,3,11,13H2,1-2H3,(H,21,24). The number of para-hydroxylation sites is 1. The Labute approximate surface area is 159 Å². The van der Waals surface area contributed by atoms with Crippen LogP contribution in [0, 0.1) is 5.92 Å². The fourth-order valence-corrected chi connectivity index (χ4v) is 3.90. The number of amides is 2.